The van der Waals surface area contributed by atoms with Crippen molar-refractivity contribution in [3.8, 4) is 5.75 Å². The van der Waals surface area contributed by atoms with Crippen LogP contribution in [0.1, 0.15) is 16.7 Å². The highest BCUT2D eigenvalue weighted by Crippen LogP contribution is 2.32. The average Bonchev–Trinajstić information content (AvgIpc) is 2.82. The number of alkyl halides is 2. The van der Waals surface area contributed by atoms with Crippen molar-refractivity contribution in [2.75, 3.05) is 39.0 Å². The number of rotatable bonds is 8. The molecule has 15 heteroatoms. The average molecular weight is 556 g/mol. The van der Waals surface area contributed by atoms with Gasteiger partial charge in [-0.1, -0.05) is 0 Å². The second-order valence-corrected chi connectivity index (χ2v) is 10.5. The highest BCUT2D eigenvalue weighted by atomic mass is 32.2. The number of aromatic nitrogens is 1. The van der Waals surface area contributed by atoms with Gasteiger partial charge in [0.15, 0.2) is 11.6 Å². The largest absolute Gasteiger partial charge is 0.422 e. The minimum atomic E-state index is -4.07. The third-order valence-corrected chi connectivity index (χ3v) is 6.79. The predicted octanol–water partition coefficient (Wildman–Crippen LogP) is 2.31. The summed E-state index contributed by atoms with van der Waals surface area (Å²) in [4.78, 5) is 31.3. The molecule has 0 saturated carbocycles. The molecule has 1 amide bonds. The summed E-state index contributed by atoms with van der Waals surface area (Å²) in [5, 5.41) is 0.380. The highest BCUT2D eigenvalue weighted by molar-refractivity contribution is 7.90. The molecule has 38 heavy (non-hydrogen) atoms. The lowest BCUT2D eigenvalue weighted by Crippen LogP contribution is -2.55. The van der Waals surface area contributed by atoms with Crippen molar-refractivity contribution >= 4 is 33.1 Å². The summed E-state index contributed by atoms with van der Waals surface area (Å²) in [6, 6.07) is 5.57. The van der Waals surface area contributed by atoms with Gasteiger partial charge in [0, 0.05) is 57.3 Å². The normalized spacial score (nSPS) is 15.2. The topological polar surface area (TPSA) is 134 Å². The van der Waals surface area contributed by atoms with E-state index in [0.29, 0.717) is 10.9 Å². The molecule has 3 heterocycles. The van der Waals surface area contributed by atoms with Gasteiger partial charge in [0.1, 0.15) is 11.3 Å². The third kappa shape index (κ3) is 5.89. The first kappa shape index (κ1) is 27.3. The third-order valence-electron chi connectivity index (χ3n) is 5.79. The number of ether oxygens (including phenoxy) is 1. The van der Waals surface area contributed by atoms with Crippen LogP contribution in [0.2, 0.25) is 0 Å². The Balaban J connectivity index is 1.77. The standard InChI is InChI=1S/C23H24F3N5O6S/c1-27-38(34,35)29-20-19(24)13(6-7-28-20)8-16-17(10-31-11-23(25,26)12-31)15-5-4-14(36-22(33)30(2)3)9-18(15)37-21(16)32/h4-7,9,27H,8,10-12H2,1-3H3,(H,28,29). The number of carbonyl (C=O) groups is 1. The number of fused-ring (bicyclic) bond motifs is 1. The van der Waals surface area contributed by atoms with E-state index in [1.807, 2.05) is 9.44 Å². The summed E-state index contributed by atoms with van der Waals surface area (Å²) in [5.74, 6) is -4.37. The van der Waals surface area contributed by atoms with Gasteiger partial charge in [-0.25, -0.2) is 32.5 Å². The smallest absolute Gasteiger partial charge is 0.414 e. The van der Waals surface area contributed by atoms with E-state index in [1.54, 1.807) is 0 Å². The minimum absolute atomic E-state index is 0.00160. The second kappa shape index (κ2) is 10.2. The lowest BCUT2D eigenvalue weighted by molar-refractivity contribution is -0.133. The minimum Gasteiger partial charge on any atom is -0.422 e. The van der Waals surface area contributed by atoms with Gasteiger partial charge in [-0.3, -0.25) is 9.62 Å². The van der Waals surface area contributed by atoms with E-state index in [4.69, 9.17) is 9.15 Å². The zero-order valence-corrected chi connectivity index (χ0v) is 21.4. The molecule has 1 saturated heterocycles. The van der Waals surface area contributed by atoms with E-state index in [2.05, 4.69) is 4.98 Å². The summed E-state index contributed by atoms with van der Waals surface area (Å²) < 4.78 is 80.4. The molecule has 0 radical (unpaired) electrons. The molecule has 2 N–H and O–H groups in total. The van der Waals surface area contributed by atoms with E-state index in [9.17, 15) is 26.8 Å². The summed E-state index contributed by atoms with van der Waals surface area (Å²) in [6.07, 6.45) is 0.164. The molecule has 0 bridgehead atoms. The SMILES string of the molecule is CNS(=O)(=O)Nc1nccc(Cc2c(CN3CC(F)(F)C3)c3ccc(OC(=O)N(C)C)cc3oc2=O)c1F. The molecule has 0 aliphatic carbocycles. The van der Waals surface area contributed by atoms with E-state index < -0.39 is 52.6 Å². The maximum absolute atomic E-state index is 15.2. The van der Waals surface area contributed by atoms with Crippen LogP contribution >= 0.6 is 0 Å². The van der Waals surface area contributed by atoms with Crippen molar-refractivity contribution in [1.29, 1.82) is 0 Å². The Morgan fingerprint density at radius 2 is 1.95 bits per heavy atom. The molecule has 1 aliphatic rings. The molecule has 2 aromatic heterocycles. The number of likely N-dealkylation sites (tertiary alicyclic amines) is 1. The van der Waals surface area contributed by atoms with E-state index in [1.165, 1.54) is 48.2 Å². The molecular formula is C23H24F3N5O6S. The number of hydrogen-bond acceptors (Lipinski definition) is 8. The maximum Gasteiger partial charge on any atom is 0.414 e. The Kier molecular flexibility index (Phi) is 7.36. The molecule has 0 unspecified atom stereocenters. The number of hydrogen-bond donors (Lipinski definition) is 2. The Hall–Kier alpha value is -3.69. The van der Waals surface area contributed by atoms with Crippen LogP contribution in [0.25, 0.3) is 11.0 Å². The van der Waals surface area contributed by atoms with Crippen LogP contribution in [0, 0.1) is 5.82 Å². The van der Waals surface area contributed by atoms with Crippen LogP contribution in [0.15, 0.2) is 39.7 Å². The van der Waals surface area contributed by atoms with Crippen LogP contribution in [0.3, 0.4) is 0 Å². The molecule has 0 spiro atoms. The fraction of sp³-hybridized carbons (Fsp3) is 0.348. The molecule has 1 aliphatic heterocycles. The van der Waals surface area contributed by atoms with Gasteiger partial charge in [0.25, 0.3) is 16.1 Å². The fourth-order valence-corrected chi connectivity index (χ4v) is 4.40. The Morgan fingerprint density at radius 1 is 1.24 bits per heavy atom. The van der Waals surface area contributed by atoms with Gasteiger partial charge in [-0.05, 0) is 29.3 Å². The van der Waals surface area contributed by atoms with Crippen molar-refractivity contribution in [1.82, 2.24) is 19.5 Å². The molecule has 1 aromatic carbocycles. The Bertz CT molecular complexity index is 1550. The van der Waals surface area contributed by atoms with Crippen LogP contribution in [0.5, 0.6) is 5.75 Å². The van der Waals surface area contributed by atoms with Gasteiger partial charge in [-0.15, -0.1) is 0 Å². The summed E-state index contributed by atoms with van der Waals surface area (Å²) in [7, 11) is 0.0380. The van der Waals surface area contributed by atoms with E-state index >= 15 is 4.39 Å². The highest BCUT2D eigenvalue weighted by Gasteiger charge is 2.44. The molecular weight excluding hydrogens is 531 g/mol. The zero-order valence-electron chi connectivity index (χ0n) is 20.5. The molecule has 11 nitrogen and oxygen atoms in total. The summed E-state index contributed by atoms with van der Waals surface area (Å²) in [6.45, 7) is -1.10. The molecule has 0 atom stereocenters. The number of anilines is 1. The van der Waals surface area contributed by atoms with Gasteiger partial charge in [0.2, 0.25) is 0 Å². The number of nitrogens with zero attached hydrogens (tertiary/aromatic N) is 3. The van der Waals surface area contributed by atoms with E-state index in [0.717, 1.165) is 13.2 Å². The van der Waals surface area contributed by atoms with E-state index in [-0.39, 0.29) is 35.4 Å². The van der Waals surface area contributed by atoms with Crippen molar-refractivity contribution in [3.05, 3.63) is 63.4 Å². The van der Waals surface area contributed by atoms with Crippen molar-refractivity contribution < 1.29 is 35.5 Å². The Labute approximate surface area is 215 Å². The predicted molar refractivity (Wildman–Crippen MR) is 131 cm³/mol. The monoisotopic (exact) mass is 555 g/mol. The van der Waals surface area contributed by atoms with Crippen LogP contribution in [-0.2, 0) is 23.2 Å². The number of benzene rings is 1. The number of halogens is 3. The van der Waals surface area contributed by atoms with Gasteiger partial charge >= 0.3 is 11.7 Å². The lowest BCUT2D eigenvalue weighted by atomic mass is 9.97. The quantitative estimate of drug-likeness (QED) is 0.405. The molecule has 1 fully saturated rings. The summed E-state index contributed by atoms with van der Waals surface area (Å²) >= 11 is 0. The Morgan fingerprint density at radius 3 is 2.58 bits per heavy atom. The zero-order chi connectivity index (χ0) is 27.8. The number of nitrogens with one attached hydrogen (secondary N) is 2. The number of pyridine rings is 1. The van der Waals surface area contributed by atoms with Crippen LogP contribution < -0.4 is 19.8 Å². The number of carbonyl (C=O) groups excluding carboxylic acids is 1. The van der Waals surface area contributed by atoms with Crippen molar-refractivity contribution in [3.63, 3.8) is 0 Å². The number of amides is 1. The maximum atomic E-state index is 15.2. The first-order valence-electron chi connectivity index (χ1n) is 11.2. The summed E-state index contributed by atoms with van der Waals surface area (Å²) in [5.41, 5.74) is -0.566. The van der Waals surface area contributed by atoms with Crippen LogP contribution in [-0.4, -0.2) is 69.4 Å². The van der Waals surface area contributed by atoms with Gasteiger partial charge in [-0.2, -0.15) is 8.42 Å². The van der Waals surface area contributed by atoms with Gasteiger partial charge < -0.3 is 14.1 Å². The molecule has 204 valence electrons. The lowest BCUT2D eigenvalue weighted by Gasteiger charge is -2.39. The van der Waals surface area contributed by atoms with Crippen molar-refractivity contribution in [2.24, 2.45) is 0 Å². The first-order chi connectivity index (χ1) is 17.8. The van der Waals surface area contributed by atoms with Crippen LogP contribution in [0.4, 0.5) is 23.8 Å². The first-order valence-corrected chi connectivity index (χ1v) is 12.7. The molecule has 4 rings (SSSR count). The fourth-order valence-electron chi connectivity index (χ4n) is 3.90. The van der Waals surface area contributed by atoms with Gasteiger partial charge in [0.05, 0.1) is 13.1 Å². The molecule has 3 aromatic rings. The van der Waals surface area contributed by atoms with Crippen molar-refractivity contribution in [2.45, 2.75) is 18.9 Å². The second-order valence-electron chi connectivity index (χ2n) is 8.89.